The first-order chi connectivity index (χ1) is 11.5. The molecule has 1 aromatic heterocycles. The second-order valence-electron chi connectivity index (χ2n) is 5.92. The number of urea groups is 1. The molecule has 0 radical (unpaired) electrons. The van der Waals surface area contributed by atoms with Crippen LogP contribution in [0, 0.1) is 0 Å². The number of aryl methyl sites for hydroxylation is 2. The summed E-state index contributed by atoms with van der Waals surface area (Å²) in [6, 6.07) is 3.26. The van der Waals surface area contributed by atoms with Gasteiger partial charge in [0.05, 0.1) is 24.0 Å². The summed E-state index contributed by atoms with van der Waals surface area (Å²) in [5.74, 6) is 0.836. The largest absolute Gasteiger partial charge is 0.493 e. The van der Waals surface area contributed by atoms with Crippen LogP contribution in [0.3, 0.4) is 0 Å². The van der Waals surface area contributed by atoms with Crippen molar-refractivity contribution in [3.05, 3.63) is 40.2 Å². The summed E-state index contributed by atoms with van der Waals surface area (Å²) in [6.07, 6.45) is 3.39. The Labute approximate surface area is 146 Å². The summed E-state index contributed by atoms with van der Waals surface area (Å²) >= 11 is 6.19. The third-order valence-corrected chi connectivity index (χ3v) is 4.30. The monoisotopic (exact) mass is 348 g/mol. The molecule has 1 unspecified atom stereocenters. The van der Waals surface area contributed by atoms with Gasteiger partial charge in [-0.3, -0.25) is 4.68 Å². The van der Waals surface area contributed by atoms with E-state index in [1.165, 1.54) is 0 Å². The fourth-order valence-corrected chi connectivity index (χ4v) is 3.20. The molecule has 7 heteroatoms. The number of carbonyl (C=O) groups is 1. The molecule has 1 atom stereocenters. The lowest BCUT2D eigenvalue weighted by Crippen LogP contribution is -2.31. The zero-order chi connectivity index (χ0) is 17.3. The Morgan fingerprint density at radius 2 is 2.29 bits per heavy atom. The highest BCUT2D eigenvalue weighted by atomic mass is 35.5. The maximum Gasteiger partial charge on any atom is 0.319 e. The number of anilines is 1. The fourth-order valence-electron chi connectivity index (χ4n) is 2.95. The van der Waals surface area contributed by atoms with Crippen molar-refractivity contribution in [3.63, 3.8) is 0 Å². The first-order valence-corrected chi connectivity index (χ1v) is 8.41. The van der Waals surface area contributed by atoms with Gasteiger partial charge in [-0.2, -0.15) is 5.10 Å². The van der Waals surface area contributed by atoms with E-state index in [1.807, 2.05) is 33.0 Å². The molecule has 0 bridgehead atoms. The number of aromatic nitrogens is 2. The van der Waals surface area contributed by atoms with Crippen LogP contribution in [0.4, 0.5) is 10.5 Å². The van der Waals surface area contributed by atoms with Crippen molar-refractivity contribution in [3.8, 4) is 5.75 Å². The average Bonchev–Trinajstić information content (AvgIpc) is 3.12. The van der Waals surface area contributed by atoms with Gasteiger partial charge in [0.1, 0.15) is 5.75 Å². The van der Waals surface area contributed by atoms with E-state index in [1.54, 1.807) is 10.9 Å². The van der Waals surface area contributed by atoms with Gasteiger partial charge < -0.3 is 15.4 Å². The number of hydrogen-bond acceptors (Lipinski definition) is 3. The van der Waals surface area contributed by atoms with Gasteiger partial charge in [0.2, 0.25) is 0 Å². The molecule has 24 heavy (non-hydrogen) atoms. The number of benzene rings is 1. The van der Waals surface area contributed by atoms with Gasteiger partial charge >= 0.3 is 6.03 Å². The molecule has 2 aromatic rings. The predicted octanol–water partition coefficient (Wildman–Crippen LogP) is 3.45. The van der Waals surface area contributed by atoms with Crippen molar-refractivity contribution >= 4 is 23.3 Å². The van der Waals surface area contributed by atoms with Gasteiger partial charge in [-0.1, -0.05) is 18.5 Å². The highest BCUT2D eigenvalue weighted by Crippen LogP contribution is 2.36. The Morgan fingerprint density at radius 3 is 3.04 bits per heavy atom. The number of hydrogen-bond donors (Lipinski definition) is 2. The maximum atomic E-state index is 12.3. The minimum absolute atomic E-state index is 0.225. The van der Waals surface area contributed by atoms with Crippen molar-refractivity contribution in [2.45, 2.75) is 32.7 Å². The van der Waals surface area contributed by atoms with Crippen molar-refractivity contribution in [1.82, 2.24) is 15.1 Å². The Hall–Kier alpha value is -2.21. The van der Waals surface area contributed by atoms with E-state index in [-0.39, 0.29) is 12.1 Å². The lowest BCUT2D eigenvalue weighted by atomic mass is 10.0. The maximum absolute atomic E-state index is 12.3. The second kappa shape index (κ2) is 6.73. The van der Waals surface area contributed by atoms with E-state index < -0.39 is 0 Å². The van der Waals surface area contributed by atoms with Gasteiger partial charge in [0, 0.05) is 30.3 Å². The first kappa shape index (κ1) is 16.6. The number of nitrogens with one attached hydrogen (secondary N) is 2. The standard InChI is InChI=1S/C17H21ClN4O2/c1-4-14-15(9-22(3)21-14)20-17(23)19-10(2)13-8-12(18)7-11-5-6-24-16(11)13/h7-10H,4-6H2,1-3H3,(H2,19,20,23). The highest BCUT2D eigenvalue weighted by molar-refractivity contribution is 6.30. The second-order valence-corrected chi connectivity index (χ2v) is 6.36. The van der Waals surface area contributed by atoms with Crippen molar-refractivity contribution in [2.24, 2.45) is 7.05 Å². The Balaban J connectivity index is 1.73. The van der Waals surface area contributed by atoms with Gasteiger partial charge in [0.15, 0.2) is 0 Å². The third kappa shape index (κ3) is 3.33. The van der Waals surface area contributed by atoms with E-state index >= 15 is 0 Å². The first-order valence-electron chi connectivity index (χ1n) is 8.03. The predicted molar refractivity (Wildman–Crippen MR) is 93.8 cm³/mol. The molecule has 0 spiro atoms. The summed E-state index contributed by atoms with van der Waals surface area (Å²) in [7, 11) is 1.83. The van der Waals surface area contributed by atoms with Gasteiger partial charge in [-0.15, -0.1) is 0 Å². The number of halogens is 1. The fraction of sp³-hybridized carbons (Fsp3) is 0.412. The van der Waals surface area contributed by atoms with Crippen LogP contribution in [-0.2, 0) is 19.9 Å². The van der Waals surface area contributed by atoms with Gasteiger partial charge in [-0.25, -0.2) is 4.79 Å². The van der Waals surface area contributed by atoms with Crippen molar-refractivity contribution in [2.75, 3.05) is 11.9 Å². The normalized spacial score (nSPS) is 14.0. The number of fused-ring (bicyclic) bond motifs is 1. The molecule has 1 aromatic carbocycles. The van der Waals surface area contributed by atoms with Crippen LogP contribution in [0.25, 0.3) is 0 Å². The van der Waals surface area contributed by atoms with E-state index in [0.29, 0.717) is 11.6 Å². The smallest absolute Gasteiger partial charge is 0.319 e. The van der Waals surface area contributed by atoms with Crippen LogP contribution in [0.1, 0.15) is 36.7 Å². The summed E-state index contributed by atoms with van der Waals surface area (Å²) in [4.78, 5) is 12.3. The number of amides is 2. The topological polar surface area (TPSA) is 68.2 Å². The van der Waals surface area contributed by atoms with Gasteiger partial charge in [0.25, 0.3) is 0 Å². The molecule has 2 N–H and O–H groups in total. The molecule has 2 amide bonds. The van der Waals surface area contributed by atoms with Crippen LogP contribution in [-0.4, -0.2) is 22.4 Å². The lowest BCUT2D eigenvalue weighted by Gasteiger charge is -2.18. The zero-order valence-corrected chi connectivity index (χ0v) is 14.8. The third-order valence-electron chi connectivity index (χ3n) is 4.08. The van der Waals surface area contributed by atoms with E-state index in [4.69, 9.17) is 16.3 Å². The van der Waals surface area contributed by atoms with E-state index in [2.05, 4.69) is 15.7 Å². The number of rotatable bonds is 4. The number of carbonyl (C=O) groups excluding carboxylic acids is 1. The number of nitrogens with zero attached hydrogens (tertiary/aromatic N) is 2. The van der Waals surface area contributed by atoms with Crippen LogP contribution >= 0.6 is 11.6 Å². The van der Waals surface area contributed by atoms with E-state index in [0.717, 1.165) is 41.1 Å². The van der Waals surface area contributed by atoms with Crippen LogP contribution in [0.15, 0.2) is 18.3 Å². The van der Waals surface area contributed by atoms with Crippen LogP contribution in [0.2, 0.25) is 5.02 Å². The summed E-state index contributed by atoms with van der Waals surface area (Å²) < 4.78 is 7.39. The Bertz CT molecular complexity index is 772. The molecule has 6 nitrogen and oxygen atoms in total. The van der Waals surface area contributed by atoms with Crippen molar-refractivity contribution in [1.29, 1.82) is 0 Å². The molecule has 3 rings (SSSR count). The molecule has 1 aliphatic heterocycles. The Kier molecular flexibility index (Phi) is 4.66. The van der Waals surface area contributed by atoms with Crippen LogP contribution < -0.4 is 15.4 Å². The molecule has 0 fully saturated rings. The molecule has 0 aliphatic carbocycles. The zero-order valence-electron chi connectivity index (χ0n) is 14.0. The molecule has 128 valence electrons. The van der Waals surface area contributed by atoms with Crippen molar-refractivity contribution < 1.29 is 9.53 Å². The molecular formula is C17H21ClN4O2. The minimum Gasteiger partial charge on any atom is -0.493 e. The molecule has 1 aliphatic rings. The summed E-state index contributed by atoms with van der Waals surface area (Å²) in [5, 5.41) is 10.8. The SMILES string of the molecule is CCc1nn(C)cc1NC(=O)NC(C)c1cc(Cl)cc2c1OCC2. The summed E-state index contributed by atoms with van der Waals surface area (Å²) in [6.45, 7) is 4.56. The van der Waals surface area contributed by atoms with Gasteiger partial charge in [-0.05, 0) is 31.0 Å². The lowest BCUT2D eigenvalue weighted by molar-refractivity contribution is 0.249. The molecule has 0 saturated carbocycles. The molecule has 0 saturated heterocycles. The van der Waals surface area contributed by atoms with E-state index in [9.17, 15) is 4.79 Å². The minimum atomic E-state index is -0.281. The molecular weight excluding hydrogens is 328 g/mol. The highest BCUT2D eigenvalue weighted by Gasteiger charge is 2.22. The summed E-state index contributed by atoms with van der Waals surface area (Å²) in [5.41, 5.74) is 3.56. The Morgan fingerprint density at radius 1 is 1.50 bits per heavy atom. The molecule has 2 heterocycles. The quantitative estimate of drug-likeness (QED) is 0.889. The average molecular weight is 349 g/mol. The van der Waals surface area contributed by atoms with Crippen LogP contribution in [0.5, 0.6) is 5.75 Å². The number of ether oxygens (including phenoxy) is 1.